The summed E-state index contributed by atoms with van der Waals surface area (Å²) < 4.78 is 72.4. The summed E-state index contributed by atoms with van der Waals surface area (Å²) in [6, 6.07) is 6.71. The van der Waals surface area contributed by atoms with Crippen molar-refractivity contribution >= 4 is 5.91 Å². The van der Waals surface area contributed by atoms with E-state index in [0.717, 1.165) is 11.6 Å². The average molecular weight is 481 g/mol. The van der Waals surface area contributed by atoms with Gasteiger partial charge < -0.3 is 10.1 Å². The fourth-order valence-corrected chi connectivity index (χ4v) is 3.64. The summed E-state index contributed by atoms with van der Waals surface area (Å²) in [5, 5.41) is 6.14. The molecule has 1 aliphatic rings. The number of aromatic nitrogens is 4. The number of alkyl halides is 5. The van der Waals surface area contributed by atoms with Crippen molar-refractivity contribution in [1.82, 2.24) is 25.1 Å². The third-order valence-corrected chi connectivity index (χ3v) is 5.58. The molecule has 1 N–H and O–H groups in total. The van der Waals surface area contributed by atoms with E-state index in [1.54, 1.807) is 12.1 Å². The minimum absolute atomic E-state index is 0.165. The van der Waals surface area contributed by atoms with Gasteiger partial charge in [-0.1, -0.05) is 0 Å². The van der Waals surface area contributed by atoms with E-state index in [1.165, 1.54) is 32.5 Å². The van der Waals surface area contributed by atoms with Gasteiger partial charge in [0, 0.05) is 37.4 Å². The number of methoxy groups -OCH3 is 1. The Morgan fingerprint density at radius 1 is 1.12 bits per heavy atom. The molecule has 0 atom stereocenters. The van der Waals surface area contributed by atoms with Crippen molar-refractivity contribution in [3.8, 4) is 17.1 Å². The predicted octanol–water partition coefficient (Wildman–Crippen LogP) is 4.44. The first-order valence-corrected chi connectivity index (χ1v) is 10.2. The Hall–Kier alpha value is -3.57. The molecule has 0 spiro atoms. The highest BCUT2D eigenvalue weighted by Crippen LogP contribution is 2.49. The van der Waals surface area contributed by atoms with Crippen LogP contribution in [0.4, 0.5) is 22.0 Å². The van der Waals surface area contributed by atoms with Crippen molar-refractivity contribution in [1.29, 1.82) is 0 Å². The SMILES string of the molecule is COc1nc(-c2ccnc(C(C)(F)F)c2)ccc1C1(NC(=O)c2cc(C(F)(F)F)nn2C)CC1. The van der Waals surface area contributed by atoms with Crippen molar-refractivity contribution in [3.63, 3.8) is 0 Å². The number of nitrogens with zero attached hydrogens (tertiary/aromatic N) is 4. The van der Waals surface area contributed by atoms with E-state index in [2.05, 4.69) is 20.4 Å². The third kappa shape index (κ3) is 4.44. The van der Waals surface area contributed by atoms with Crippen LogP contribution in [0, 0.1) is 0 Å². The largest absolute Gasteiger partial charge is 0.481 e. The molecule has 34 heavy (non-hydrogen) atoms. The summed E-state index contributed by atoms with van der Waals surface area (Å²) in [7, 11) is 2.63. The van der Waals surface area contributed by atoms with Gasteiger partial charge in [0.05, 0.1) is 18.3 Å². The first-order valence-electron chi connectivity index (χ1n) is 10.2. The van der Waals surface area contributed by atoms with Crippen molar-refractivity contribution in [2.24, 2.45) is 7.05 Å². The molecule has 1 amide bonds. The zero-order valence-corrected chi connectivity index (χ0v) is 18.4. The lowest BCUT2D eigenvalue weighted by Crippen LogP contribution is -2.36. The number of aryl methyl sites for hydroxylation is 1. The Morgan fingerprint density at radius 2 is 1.82 bits per heavy atom. The van der Waals surface area contributed by atoms with Crippen LogP contribution < -0.4 is 10.1 Å². The Bertz CT molecular complexity index is 1250. The number of carbonyl (C=O) groups is 1. The standard InChI is InChI=1S/C22H20F5N5O2/c1-20(23,24)16-10-12(6-9-28-16)14-5-4-13(19(29-14)34-3)21(7-8-21)30-18(33)15-11-17(22(25,26)27)31-32(15)2/h4-6,9-11H,7-8H2,1-3H3,(H,30,33). The van der Waals surface area contributed by atoms with Crippen LogP contribution in [0.3, 0.4) is 0 Å². The van der Waals surface area contributed by atoms with Crippen molar-refractivity contribution < 1.29 is 31.5 Å². The van der Waals surface area contributed by atoms with Gasteiger partial charge >= 0.3 is 6.18 Å². The Morgan fingerprint density at radius 3 is 2.38 bits per heavy atom. The zero-order chi connectivity index (χ0) is 24.9. The van der Waals surface area contributed by atoms with E-state index in [0.29, 0.717) is 35.7 Å². The smallest absolute Gasteiger partial charge is 0.435 e. The van der Waals surface area contributed by atoms with Gasteiger partial charge in [0.2, 0.25) is 5.88 Å². The van der Waals surface area contributed by atoms with E-state index in [4.69, 9.17) is 4.74 Å². The lowest BCUT2D eigenvalue weighted by Gasteiger charge is -2.20. The third-order valence-electron chi connectivity index (χ3n) is 5.58. The Kier molecular flexibility index (Phi) is 5.57. The van der Waals surface area contributed by atoms with Crippen LogP contribution in [0.5, 0.6) is 5.88 Å². The molecule has 180 valence electrons. The normalized spacial score (nSPS) is 15.2. The first kappa shape index (κ1) is 23.6. The number of halogens is 5. The van der Waals surface area contributed by atoms with Crippen LogP contribution in [0.25, 0.3) is 11.3 Å². The number of carbonyl (C=O) groups excluding carboxylic acids is 1. The van der Waals surface area contributed by atoms with Crippen LogP contribution in [0.2, 0.25) is 0 Å². The van der Waals surface area contributed by atoms with Crippen molar-refractivity contribution in [2.45, 2.75) is 37.4 Å². The molecule has 0 saturated heterocycles. The number of amides is 1. The zero-order valence-electron chi connectivity index (χ0n) is 18.4. The molecule has 0 unspecified atom stereocenters. The number of ether oxygens (including phenoxy) is 1. The predicted molar refractivity (Wildman–Crippen MR) is 110 cm³/mol. The number of nitrogens with one attached hydrogen (secondary N) is 1. The van der Waals surface area contributed by atoms with E-state index < -0.39 is 34.9 Å². The molecular formula is C22H20F5N5O2. The van der Waals surface area contributed by atoms with Crippen molar-refractivity contribution in [2.75, 3.05) is 7.11 Å². The van der Waals surface area contributed by atoms with Gasteiger partial charge in [-0.2, -0.15) is 27.1 Å². The maximum Gasteiger partial charge on any atom is 0.435 e. The van der Waals surface area contributed by atoms with Gasteiger partial charge in [-0.05, 0) is 37.1 Å². The Balaban J connectivity index is 1.63. The summed E-state index contributed by atoms with van der Waals surface area (Å²) in [4.78, 5) is 20.9. The van der Waals surface area contributed by atoms with Crippen LogP contribution in [-0.4, -0.2) is 32.8 Å². The van der Waals surface area contributed by atoms with E-state index in [1.807, 2.05) is 0 Å². The lowest BCUT2D eigenvalue weighted by atomic mass is 10.0. The quantitative estimate of drug-likeness (QED) is 0.527. The topological polar surface area (TPSA) is 81.9 Å². The molecule has 3 heterocycles. The second kappa shape index (κ2) is 8.03. The number of rotatable bonds is 6. The van der Waals surface area contributed by atoms with Crippen LogP contribution in [0.1, 0.15) is 47.2 Å². The fraction of sp³-hybridized carbons (Fsp3) is 0.364. The summed E-state index contributed by atoms with van der Waals surface area (Å²) in [5.41, 5.74) is -1.40. The highest BCUT2D eigenvalue weighted by molar-refractivity contribution is 5.93. The maximum atomic E-state index is 13.7. The number of hydrogen-bond acceptors (Lipinski definition) is 5. The van der Waals surface area contributed by atoms with Crippen LogP contribution in [0.15, 0.2) is 36.5 Å². The van der Waals surface area contributed by atoms with Gasteiger partial charge in [-0.3, -0.25) is 14.5 Å². The molecule has 0 bridgehead atoms. The van der Waals surface area contributed by atoms with Gasteiger partial charge in [-0.25, -0.2) is 4.98 Å². The van der Waals surface area contributed by atoms with Crippen LogP contribution >= 0.6 is 0 Å². The number of pyridine rings is 2. The van der Waals surface area contributed by atoms with Gasteiger partial charge in [0.25, 0.3) is 11.8 Å². The monoisotopic (exact) mass is 481 g/mol. The Labute approximate surface area is 191 Å². The molecule has 3 aromatic heterocycles. The van der Waals surface area contributed by atoms with E-state index in [9.17, 15) is 26.7 Å². The molecular weight excluding hydrogens is 461 g/mol. The molecule has 0 aliphatic heterocycles. The van der Waals surface area contributed by atoms with Gasteiger partial charge in [0.15, 0.2) is 5.69 Å². The second-order valence-electron chi connectivity index (χ2n) is 8.14. The van der Waals surface area contributed by atoms with Crippen molar-refractivity contribution in [3.05, 3.63) is 59.2 Å². The number of hydrogen-bond donors (Lipinski definition) is 1. The molecule has 1 saturated carbocycles. The molecule has 0 radical (unpaired) electrons. The minimum atomic E-state index is -4.68. The summed E-state index contributed by atoms with van der Waals surface area (Å²) in [6.07, 6.45) is -2.38. The lowest BCUT2D eigenvalue weighted by molar-refractivity contribution is -0.141. The summed E-state index contributed by atoms with van der Waals surface area (Å²) >= 11 is 0. The van der Waals surface area contributed by atoms with Gasteiger partial charge in [0.1, 0.15) is 11.4 Å². The molecule has 7 nitrogen and oxygen atoms in total. The first-order chi connectivity index (χ1) is 15.8. The average Bonchev–Trinajstić information content (AvgIpc) is 3.43. The maximum absolute atomic E-state index is 13.7. The summed E-state index contributed by atoms with van der Waals surface area (Å²) in [6.45, 7) is 0.746. The molecule has 3 aromatic rings. The van der Waals surface area contributed by atoms with E-state index in [-0.39, 0.29) is 11.6 Å². The minimum Gasteiger partial charge on any atom is -0.481 e. The second-order valence-corrected chi connectivity index (χ2v) is 8.14. The summed E-state index contributed by atoms with van der Waals surface area (Å²) in [5.74, 6) is -3.68. The van der Waals surface area contributed by atoms with Crippen LogP contribution in [-0.2, 0) is 24.7 Å². The molecule has 1 aliphatic carbocycles. The molecule has 0 aromatic carbocycles. The fourth-order valence-electron chi connectivity index (χ4n) is 3.64. The molecule has 12 heteroatoms. The highest BCUT2D eigenvalue weighted by Gasteiger charge is 2.49. The highest BCUT2D eigenvalue weighted by atomic mass is 19.4. The van der Waals surface area contributed by atoms with Gasteiger partial charge in [-0.15, -0.1) is 0 Å². The van der Waals surface area contributed by atoms with E-state index >= 15 is 0 Å². The molecule has 4 rings (SSSR count). The molecule has 1 fully saturated rings.